The van der Waals surface area contributed by atoms with E-state index in [2.05, 4.69) is 10.3 Å². The van der Waals surface area contributed by atoms with Gasteiger partial charge in [0.2, 0.25) is 0 Å². The summed E-state index contributed by atoms with van der Waals surface area (Å²) in [6, 6.07) is 11.9. The van der Waals surface area contributed by atoms with E-state index in [0.717, 1.165) is 15.8 Å². The van der Waals surface area contributed by atoms with Crippen LogP contribution >= 0.6 is 11.3 Å². The number of thiazole rings is 1. The lowest BCUT2D eigenvalue weighted by Crippen LogP contribution is -2.16. The summed E-state index contributed by atoms with van der Waals surface area (Å²) in [7, 11) is 0. The number of aryl methyl sites for hydroxylation is 1. The van der Waals surface area contributed by atoms with Gasteiger partial charge in [-0.3, -0.25) is 10.1 Å². The van der Waals surface area contributed by atoms with E-state index in [1.165, 1.54) is 23.5 Å². The number of nitrogens with zero attached hydrogens (tertiary/aromatic N) is 1. The second-order valence-electron chi connectivity index (χ2n) is 4.80. The molecule has 1 aromatic heterocycles. The Kier molecular flexibility index (Phi) is 3.60. The van der Waals surface area contributed by atoms with Crippen LogP contribution in [0.15, 0.2) is 42.5 Å². The van der Waals surface area contributed by atoms with Gasteiger partial charge >= 0.3 is 5.97 Å². The van der Waals surface area contributed by atoms with Gasteiger partial charge in [-0.15, -0.1) is 0 Å². The number of nitrogens with one attached hydrogen (secondary N) is 1. The number of hydrogen-bond acceptors (Lipinski definition) is 4. The SMILES string of the molecule is Cc1ccc2nc(NC(=O)c3ccccc3C(=O)O)sc2c1. The smallest absolute Gasteiger partial charge is 0.336 e. The molecular formula is C16H12N2O3S. The molecule has 5 nitrogen and oxygen atoms in total. The Bertz CT molecular complexity index is 886. The molecule has 0 bridgehead atoms. The van der Waals surface area contributed by atoms with Gasteiger partial charge in [-0.05, 0) is 36.8 Å². The minimum atomic E-state index is -1.13. The van der Waals surface area contributed by atoms with Crippen LogP contribution in [0.3, 0.4) is 0 Å². The number of carbonyl (C=O) groups is 2. The third-order valence-corrected chi connectivity index (χ3v) is 4.10. The average molecular weight is 312 g/mol. The Morgan fingerprint density at radius 1 is 1.14 bits per heavy atom. The third-order valence-electron chi connectivity index (χ3n) is 3.17. The highest BCUT2D eigenvalue weighted by Gasteiger charge is 2.17. The first-order valence-electron chi connectivity index (χ1n) is 6.55. The maximum atomic E-state index is 12.3. The van der Waals surface area contributed by atoms with Crippen LogP contribution in [0.25, 0.3) is 10.2 Å². The van der Waals surface area contributed by atoms with Crippen molar-refractivity contribution >= 4 is 38.6 Å². The number of fused-ring (bicyclic) bond motifs is 1. The van der Waals surface area contributed by atoms with E-state index in [0.29, 0.717) is 5.13 Å². The molecule has 0 radical (unpaired) electrons. The first kappa shape index (κ1) is 14.2. The van der Waals surface area contributed by atoms with Crippen molar-refractivity contribution in [3.63, 3.8) is 0 Å². The zero-order chi connectivity index (χ0) is 15.7. The number of carbonyl (C=O) groups excluding carboxylic acids is 1. The fourth-order valence-electron chi connectivity index (χ4n) is 2.12. The maximum Gasteiger partial charge on any atom is 0.336 e. The second kappa shape index (κ2) is 5.57. The molecule has 0 aliphatic carbocycles. The Morgan fingerprint density at radius 2 is 1.86 bits per heavy atom. The van der Waals surface area contributed by atoms with Crippen molar-refractivity contribution < 1.29 is 14.7 Å². The molecule has 0 unspecified atom stereocenters. The van der Waals surface area contributed by atoms with Gasteiger partial charge in [0.05, 0.1) is 21.3 Å². The van der Waals surface area contributed by atoms with Crippen LogP contribution in [0.4, 0.5) is 5.13 Å². The molecule has 0 aliphatic heterocycles. The van der Waals surface area contributed by atoms with Gasteiger partial charge in [0.1, 0.15) is 0 Å². The lowest BCUT2D eigenvalue weighted by atomic mass is 10.1. The van der Waals surface area contributed by atoms with Gasteiger partial charge in [0.15, 0.2) is 5.13 Å². The van der Waals surface area contributed by atoms with E-state index in [-0.39, 0.29) is 11.1 Å². The van der Waals surface area contributed by atoms with Crippen molar-refractivity contribution in [2.24, 2.45) is 0 Å². The van der Waals surface area contributed by atoms with Crippen molar-refractivity contribution in [3.05, 3.63) is 59.2 Å². The molecule has 0 saturated carbocycles. The number of rotatable bonds is 3. The number of hydrogen-bond donors (Lipinski definition) is 2. The number of benzene rings is 2. The van der Waals surface area contributed by atoms with Gasteiger partial charge in [0, 0.05) is 0 Å². The first-order valence-corrected chi connectivity index (χ1v) is 7.37. The number of anilines is 1. The predicted molar refractivity (Wildman–Crippen MR) is 85.7 cm³/mol. The van der Waals surface area contributed by atoms with Gasteiger partial charge in [-0.2, -0.15) is 0 Å². The normalized spacial score (nSPS) is 10.6. The van der Waals surface area contributed by atoms with Crippen molar-refractivity contribution in [2.45, 2.75) is 6.92 Å². The van der Waals surface area contributed by atoms with Crippen LogP contribution in [0, 0.1) is 6.92 Å². The minimum absolute atomic E-state index is 0.0306. The molecule has 0 saturated heterocycles. The van der Waals surface area contributed by atoms with Crippen LogP contribution in [-0.4, -0.2) is 22.0 Å². The minimum Gasteiger partial charge on any atom is -0.478 e. The third kappa shape index (κ3) is 2.68. The zero-order valence-corrected chi connectivity index (χ0v) is 12.5. The molecule has 1 amide bonds. The van der Waals surface area contributed by atoms with Crippen molar-refractivity contribution in [1.82, 2.24) is 4.98 Å². The molecule has 22 heavy (non-hydrogen) atoms. The summed E-state index contributed by atoms with van der Waals surface area (Å²) in [4.78, 5) is 27.8. The van der Waals surface area contributed by atoms with Gasteiger partial charge in [-0.25, -0.2) is 9.78 Å². The molecular weight excluding hydrogens is 300 g/mol. The molecule has 3 aromatic rings. The number of amides is 1. The number of aromatic nitrogens is 1. The van der Waals surface area contributed by atoms with Crippen molar-refractivity contribution in [1.29, 1.82) is 0 Å². The Labute approximate surface area is 130 Å². The Hall–Kier alpha value is -2.73. The summed E-state index contributed by atoms with van der Waals surface area (Å²) in [5, 5.41) is 12.2. The molecule has 2 N–H and O–H groups in total. The number of carboxylic acids is 1. The Balaban J connectivity index is 1.91. The highest BCUT2D eigenvalue weighted by molar-refractivity contribution is 7.22. The molecule has 3 rings (SSSR count). The quantitative estimate of drug-likeness (QED) is 0.775. The average Bonchev–Trinajstić information content (AvgIpc) is 2.88. The van der Waals surface area contributed by atoms with E-state index >= 15 is 0 Å². The number of carboxylic acid groups (broad SMARTS) is 1. The van der Waals surface area contributed by atoms with Crippen LogP contribution in [0.5, 0.6) is 0 Å². The Morgan fingerprint density at radius 3 is 2.59 bits per heavy atom. The lowest BCUT2D eigenvalue weighted by molar-refractivity contribution is 0.0692. The van der Waals surface area contributed by atoms with Crippen LogP contribution < -0.4 is 5.32 Å². The largest absolute Gasteiger partial charge is 0.478 e. The molecule has 0 aliphatic rings. The van der Waals surface area contributed by atoms with E-state index < -0.39 is 11.9 Å². The second-order valence-corrected chi connectivity index (χ2v) is 5.83. The van der Waals surface area contributed by atoms with Gasteiger partial charge in [0.25, 0.3) is 5.91 Å². The van der Waals surface area contributed by atoms with Gasteiger partial charge < -0.3 is 5.11 Å². The summed E-state index contributed by atoms with van der Waals surface area (Å²) in [5.74, 6) is -1.61. The summed E-state index contributed by atoms with van der Waals surface area (Å²) < 4.78 is 0.974. The fraction of sp³-hybridized carbons (Fsp3) is 0.0625. The highest BCUT2D eigenvalue weighted by atomic mass is 32.1. The topological polar surface area (TPSA) is 79.3 Å². The molecule has 0 atom stereocenters. The van der Waals surface area contributed by atoms with E-state index in [9.17, 15) is 9.59 Å². The van der Waals surface area contributed by atoms with Crippen LogP contribution in [-0.2, 0) is 0 Å². The fourth-order valence-corrected chi connectivity index (χ4v) is 3.08. The molecule has 0 spiro atoms. The van der Waals surface area contributed by atoms with Crippen LogP contribution in [0.2, 0.25) is 0 Å². The molecule has 2 aromatic carbocycles. The van der Waals surface area contributed by atoms with Crippen molar-refractivity contribution in [2.75, 3.05) is 5.32 Å². The maximum absolute atomic E-state index is 12.3. The summed E-state index contributed by atoms with van der Waals surface area (Å²) in [5.41, 5.74) is 2.00. The van der Waals surface area contributed by atoms with Crippen molar-refractivity contribution in [3.8, 4) is 0 Å². The first-order chi connectivity index (χ1) is 10.5. The van der Waals surface area contributed by atoms with E-state index in [4.69, 9.17) is 5.11 Å². The standard InChI is InChI=1S/C16H12N2O3S/c1-9-6-7-12-13(8-9)22-16(17-12)18-14(19)10-4-2-3-5-11(10)15(20)21/h2-8H,1H3,(H,20,21)(H,17,18,19). The molecule has 110 valence electrons. The molecule has 1 heterocycles. The lowest BCUT2D eigenvalue weighted by Gasteiger charge is -2.04. The molecule has 6 heteroatoms. The van der Waals surface area contributed by atoms with Crippen LogP contribution in [0.1, 0.15) is 26.3 Å². The summed E-state index contributed by atoms with van der Waals surface area (Å²) in [6.45, 7) is 1.99. The summed E-state index contributed by atoms with van der Waals surface area (Å²) >= 11 is 1.36. The monoisotopic (exact) mass is 312 g/mol. The predicted octanol–water partition coefficient (Wildman–Crippen LogP) is 3.56. The summed E-state index contributed by atoms with van der Waals surface area (Å²) in [6.07, 6.45) is 0. The molecule has 0 fully saturated rings. The zero-order valence-electron chi connectivity index (χ0n) is 11.7. The van der Waals surface area contributed by atoms with E-state index in [1.54, 1.807) is 12.1 Å². The van der Waals surface area contributed by atoms with E-state index in [1.807, 2.05) is 25.1 Å². The highest BCUT2D eigenvalue weighted by Crippen LogP contribution is 2.27. The van der Waals surface area contributed by atoms with Gasteiger partial charge in [-0.1, -0.05) is 29.5 Å². The number of aromatic carboxylic acids is 1.